The van der Waals surface area contributed by atoms with Gasteiger partial charge in [-0.3, -0.25) is 9.19 Å². The molecule has 0 aliphatic heterocycles. The molecule has 0 aliphatic carbocycles. The molecule has 5 nitrogen and oxygen atoms in total. The van der Waals surface area contributed by atoms with Crippen molar-refractivity contribution >= 4 is 68.6 Å². The number of hydrogen-bond acceptors (Lipinski definition) is 4. The van der Waals surface area contributed by atoms with Gasteiger partial charge in [-0.1, -0.05) is 65.6 Å². The van der Waals surface area contributed by atoms with Crippen molar-refractivity contribution < 1.29 is 13.5 Å². The molecule has 0 fully saturated rings. The third-order valence-corrected chi connectivity index (χ3v) is 5.64. The largest absolute Gasteiger partial charge is 0.755 e. The summed E-state index contributed by atoms with van der Waals surface area (Å²) < 4.78 is 29.2. The zero-order chi connectivity index (χ0) is 24.4. The SMILES string of the molecule is C=C/C(=C\C(Cl)=C(/CCl)Oc1cnc2ccccc2c1)NS(=O)[O-].Cc1ccc(Cl)cc1Cl. The molecular formula is C23H19Cl4N2O3S-. The van der Waals surface area contributed by atoms with Gasteiger partial charge in [-0.25, -0.2) is 0 Å². The quantitative estimate of drug-likeness (QED) is 0.149. The molecule has 1 heterocycles. The average Bonchev–Trinajstić information content (AvgIpc) is 2.79. The van der Waals surface area contributed by atoms with E-state index in [2.05, 4.69) is 16.3 Å². The Balaban J connectivity index is 0.000000357. The monoisotopic (exact) mass is 543 g/mol. The molecule has 0 saturated heterocycles. The Bertz CT molecular complexity index is 1220. The number of para-hydroxylation sites is 1. The number of fused-ring (bicyclic) bond motifs is 1. The second-order valence-electron chi connectivity index (χ2n) is 6.40. The van der Waals surface area contributed by atoms with E-state index in [0.29, 0.717) is 10.8 Å². The van der Waals surface area contributed by atoms with Crippen LogP contribution in [0.2, 0.25) is 10.0 Å². The lowest BCUT2D eigenvalue weighted by Crippen LogP contribution is -2.14. The molecule has 0 amide bonds. The van der Waals surface area contributed by atoms with Crippen LogP contribution in [0.15, 0.2) is 89.9 Å². The highest BCUT2D eigenvalue weighted by molar-refractivity contribution is 7.77. The number of benzene rings is 2. The van der Waals surface area contributed by atoms with Gasteiger partial charge in [-0.15, -0.1) is 11.6 Å². The van der Waals surface area contributed by atoms with Crippen LogP contribution in [0.4, 0.5) is 0 Å². The second-order valence-corrected chi connectivity index (χ2v) is 8.60. The van der Waals surface area contributed by atoms with Crippen molar-refractivity contribution in [2.75, 3.05) is 5.88 Å². The molecule has 3 aromatic rings. The first-order valence-electron chi connectivity index (χ1n) is 9.32. The molecule has 0 radical (unpaired) electrons. The fourth-order valence-electron chi connectivity index (χ4n) is 2.40. The van der Waals surface area contributed by atoms with E-state index in [9.17, 15) is 8.76 Å². The lowest BCUT2D eigenvalue weighted by atomic mass is 10.2. The number of nitrogens with one attached hydrogen (secondary N) is 1. The Kier molecular flexibility index (Phi) is 11.2. The molecule has 10 heteroatoms. The van der Waals surface area contributed by atoms with Gasteiger partial charge in [0.2, 0.25) is 0 Å². The number of pyridine rings is 1. The summed E-state index contributed by atoms with van der Waals surface area (Å²) >= 11 is 20.9. The molecule has 0 spiro atoms. The van der Waals surface area contributed by atoms with Crippen LogP contribution in [0.3, 0.4) is 0 Å². The van der Waals surface area contributed by atoms with Crippen molar-refractivity contribution in [3.63, 3.8) is 0 Å². The lowest BCUT2D eigenvalue weighted by molar-refractivity contribution is 0.427. The summed E-state index contributed by atoms with van der Waals surface area (Å²) in [4.78, 5) is 4.29. The van der Waals surface area contributed by atoms with Crippen molar-refractivity contribution in [3.05, 3.63) is 106 Å². The molecule has 1 aromatic heterocycles. The number of aryl methyl sites for hydroxylation is 1. The van der Waals surface area contributed by atoms with Crippen LogP contribution < -0.4 is 9.46 Å². The summed E-state index contributed by atoms with van der Waals surface area (Å²) in [6.45, 7) is 5.44. The van der Waals surface area contributed by atoms with E-state index in [-0.39, 0.29) is 22.4 Å². The Morgan fingerprint density at radius 1 is 1.24 bits per heavy atom. The number of alkyl halides is 1. The van der Waals surface area contributed by atoms with E-state index in [0.717, 1.165) is 21.5 Å². The van der Waals surface area contributed by atoms with Crippen LogP contribution in [-0.2, 0) is 11.3 Å². The average molecular weight is 545 g/mol. The van der Waals surface area contributed by atoms with Gasteiger partial charge in [0.05, 0.1) is 22.6 Å². The van der Waals surface area contributed by atoms with Crippen molar-refractivity contribution in [2.45, 2.75) is 6.92 Å². The summed E-state index contributed by atoms with van der Waals surface area (Å²) in [5.41, 5.74) is 2.08. The number of ether oxygens (including phenoxy) is 1. The third kappa shape index (κ3) is 9.01. The fraction of sp³-hybridized carbons (Fsp3) is 0.0870. The molecule has 3 rings (SSSR count). The zero-order valence-electron chi connectivity index (χ0n) is 17.4. The van der Waals surface area contributed by atoms with E-state index in [1.165, 1.54) is 12.2 Å². The number of aromatic nitrogens is 1. The summed E-state index contributed by atoms with van der Waals surface area (Å²) in [6.07, 6.45) is 4.22. The highest BCUT2D eigenvalue weighted by Gasteiger charge is 2.07. The Morgan fingerprint density at radius 3 is 2.58 bits per heavy atom. The molecule has 1 unspecified atom stereocenters. The summed E-state index contributed by atoms with van der Waals surface area (Å²) in [7, 11) is 0. The van der Waals surface area contributed by atoms with Crippen LogP contribution in [-0.4, -0.2) is 19.6 Å². The third-order valence-electron chi connectivity index (χ3n) is 4.03. The maximum atomic E-state index is 10.7. The number of halogens is 4. The fourth-order valence-corrected chi connectivity index (χ4v) is 3.63. The normalized spacial score (nSPS) is 12.8. The van der Waals surface area contributed by atoms with Crippen LogP contribution in [0.1, 0.15) is 5.56 Å². The number of nitrogens with zero attached hydrogens (tertiary/aromatic N) is 1. The minimum Gasteiger partial charge on any atom is -0.755 e. The van der Waals surface area contributed by atoms with Crippen LogP contribution >= 0.6 is 46.4 Å². The van der Waals surface area contributed by atoms with Gasteiger partial charge in [0.15, 0.2) is 0 Å². The first-order chi connectivity index (χ1) is 15.7. The number of allylic oxidation sites excluding steroid dienone is 4. The summed E-state index contributed by atoms with van der Waals surface area (Å²) in [5, 5.41) is 2.46. The molecule has 0 saturated carbocycles. The molecule has 33 heavy (non-hydrogen) atoms. The van der Waals surface area contributed by atoms with Crippen LogP contribution in [0.5, 0.6) is 5.75 Å². The Morgan fingerprint density at radius 2 is 1.97 bits per heavy atom. The minimum absolute atomic E-state index is 0.00690. The lowest BCUT2D eigenvalue weighted by Gasteiger charge is -2.11. The van der Waals surface area contributed by atoms with Crippen molar-refractivity contribution in [3.8, 4) is 5.75 Å². The molecular weight excluding hydrogens is 526 g/mol. The predicted octanol–water partition coefficient (Wildman–Crippen LogP) is 7.06. The van der Waals surface area contributed by atoms with Crippen LogP contribution in [0.25, 0.3) is 10.9 Å². The van der Waals surface area contributed by atoms with Gasteiger partial charge in [0.25, 0.3) is 0 Å². The van der Waals surface area contributed by atoms with E-state index < -0.39 is 11.3 Å². The van der Waals surface area contributed by atoms with E-state index in [1.54, 1.807) is 12.3 Å². The standard InChI is InChI=1S/C16H14Cl2N2O3S.C7H6Cl2/c1-2-12(20-24(21)22)8-14(18)16(9-17)23-13-7-11-5-3-4-6-15(11)19-10-13;1-5-2-3-6(8)4-7(5)9/h2-8,10,20H,1,9H2,(H,21,22);2-4H,1H3/p-1/b12-8+,16-14-;. The van der Waals surface area contributed by atoms with Crippen molar-refractivity contribution in [2.24, 2.45) is 0 Å². The van der Waals surface area contributed by atoms with Gasteiger partial charge < -0.3 is 14.0 Å². The molecule has 0 aliphatic rings. The van der Waals surface area contributed by atoms with E-state index >= 15 is 0 Å². The first-order valence-corrected chi connectivity index (χ1v) is 12.1. The highest BCUT2D eigenvalue weighted by Crippen LogP contribution is 2.23. The smallest absolute Gasteiger partial charge is 0.145 e. The van der Waals surface area contributed by atoms with E-state index in [4.69, 9.17) is 51.1 Å². The molecule has 1 N–H and O–H groups in total. The zero-order valence-corrected chi connectivity index (χ0v) is 21.2. The summed E-state index contributed by atoms with van der Waals surface area (Å²) in [6, 6.07) is 14.8. The first kappa shape index (κ1) is 27.2. The van der Waals surface area contributed by atoms with Gasteiger partial charge in [0, 0.05) is 32.4 Å². The number of hydrogen-bond donors (Lipinski definition) is 1. The van der Waals surface area contributed by atoms with Crippen LogP contribution in [0, 0.1) is 6.92 Å². The molecule has 0 bridgehead atoms. The predicted molar refractivity (Wildman–Crippen MR) is 138 cm³/mol. The molecule has 174 valence electrons. The van der Waals surface area contributed by atoms with Gasteiger partial charge in [-0.05, 0) is 48.9 Å². The molecule has 1 atom stereocenters. The van der Waals surface area contributed by atoms with Crippen molar-refractivity contribution in [1.82, 2.24) is 9.71 Å². The van der Waals surface area contributed by atoms with E-state index in [1.807, 2.05) is 49.4 Å². The number of rotatable bonds is 7. The maximum absolute atomic E-state index is 10.7. The maximum Gasteiger partial charge on any atom is 0.145 e. The van der Waals surface area contributed by atoms with Gasteiger partial charge in [-0.2, -0.15) is 0 Å². The Hall–Kier alpha value is -2.06. The molecule has 2 aromatic carbocycles. The van der Waals surface area contributed by atoms with Crippen molar-refractivity contribution in [1.29, 1.82) is 0 Å². The topological polar surface area (TPSA) is 74.3 Å². The second kappa shape index (κ2) is 13.6. The highest BCUT2D eigenvalue weighted by atomic mass is 35.5. The Labute approximate surface area is 215 Å². The summed E-state index contributed by atoms with van der Waals surface area (Å²) in [5.74, 6) is 0.720. The van der Waals surface area contributed by atoms with Gasteiger partial charge in [0.1, 0.15) is 11.5 Å². The minimum atomic E-state index is -2.49. The van der Waals surface area contributed by atoms with Gasteiger partial charge >= 0.3 is 0 Å².